The van der Waals surface area contributed by atoms with E-state index in [0.717, 1.165) is 45.2 Å². The van der Waals surface area contributed by atoms with Crippen LogP contribution in [0.5, 0.6) is 11.5 Å². The largest absolute Gasteiger partial charge is 0.494 e. The molecule has 0 radical (unpaired) electrons. The van der Waals surface area contributed by atoms with E-state index in [9.17, 15) is 0 Å². The van der Waals surface area contributed by atoms with Crippen molar-refractivity contribution in [2.45, 2.75) is 38.9 Å². The number of nitrogens with zero attached hydrogens (tertiary/aromatic N) is 1. The van der Waals surface area contributed by atoms with E-state index < -0.39 is 7.12 Å². The van der Waals surface area contributed by atoms with Crippen LogP contribution in [0.3, 0.4) is 0 Å². The number of rotatable bonds is 3. The first kappa shape index (κ1) is 22.0. The van der Waals surface area contributed by atoms with Crippen molar-refractivity contribution in [2.75, 3.05) is 4.90 Å². The highest BCUT2D eigenvalue weighted by Gasteiger charge is 2.51. The Balaban J connectivity index is 1.39. The van der Waals surface area contributed by atoms with Crippen LogP contribution < -0.4 is 15.1 Å². The lowest BCUT2D eigenvalue weighted by Crippen LogP contribution is -2.41. The van der Waals surface area contributed by atoms with E-state index >= 15 is 0 Å². The van der Waals surface area contributed by atoms with Gasteiger partial charge < -0.3 is 18.9 Å². The van der Waals surface area contributed by atoms with Crippen LogP contribution in [0, 0.1) is 0 Å². The van der Waals surface area contributed by atoms with Crippen molar-refractivity contribution < 1.29 is 14.0 Å². The maximum Gasteiger partial charge on any atom is 0.494 e. The second kappa shape index (κ2) is 8.01. The van der Waals surface area contributed by atoms with E-state index in [2.05, 4.69) is 105 Å². The van der Waals surface area contributed by atoms with Gasteiger partial charge in [-0.3, -0.25) is 0 Å². The van der Waals surface area contributed by atoms with Gasteiger partial charge in [0.1, 0.15) is 0 Å². The third-order valence-corrected chi connectivity index (χ3v) is 7.29. The first-order chi connectivity index (χ1) is 16.8. The minimum atomic E-state index is -0.394. The van der Waals surface area contributed by atoms with E-state index in [1.807, 2.05) is 24.3 Å². The molecule has 0 aliphatic carbocycles. The molecule has 174 valence electrons. The SMILES string of the molecule is CC1(C)OB(c2cccc(-c3ccc4c(c3)Oc3ccccc3N4c3ccccc3)c2)OC1(C)C. The average Bonchev–Trinajstić information content (AvgIpc) is 3.09. The Labute approximate surface area is 207 Å². The molecule has 5 heteroatoms. The number of hydrogen-bond acceptors (Lipinski definition) is 4. The predicted molar refractivity (Wildman–Crippen MR) is 142 cm³/mol. The Morgan fingerprint density at radius 2 is 1.26 bits per heavy atom. The summed E-state index contributed by atoms with van der Waals surface area (Å²) in [5, 5.41) is 0. The summed E-state index contributed by atoms with van der Waals surface area (Å²) in [7, 11) is -0.394. The molecular weight excluding hydrogens is 433 g/mol. The van der Waals surface area contributed by atoms with Gasteiger partial charge in [-0.1, -0.05) is 60.7 Å². The highest BCUT2D eigenvalue weighted by Crippen LogP contribution is 2.51. The molecule has 0 atom stereocenters. The van der Waals surface area contributed by atoms with Crippen molar-refractivity contribution in [3.05, 3.63) is 97.1 Å². The highest BCUT2D eigenvalue weighted by atomic mass is 16.7. The number of ether oxygens (including phenoxy) is 1. The Morgan fingerprint density at radius 3 is 2.03 bits per heavy atom. The summed E-state index contributed by atoms with van der Waals surface area (Å²) in [6, 6.07) is 33.3. The topological polar surface area (TPSA) is 30.9 Å². The number of anilines is 3. The van der Waals surface area contributed by atoms with Gasteiger partial charge in [-0.15, -0.1) is 0 Å². The minimum absolute atomic E-state index is 0.373. The lowest BCUT2D eigenvalue weighted by atomic mass is 9.78. The quantitative estimate of drug-likeness (QED) is 0.265. The summed E-state index contributed by atoms with van der Waals surface area (Å²) < 4.78 is 18.9. The molecule has 0 aromatic heterocycles. The van der Waals surface area contributed by atoms with E-state index in [4.69, 9.17) is 14.0 Å². The van der Waals surface area contributed by atoms with Gasteiger partial charge in [-0.2, -0.15) is 0 Å². The van der Waals surface area contributed by atoms with Crippen molar-refractivity contribution >= 4 is 29.6 Å². The highest BCUT2D eigenvalue weighted by molar-refractivity contribution is 6.62. The molecule has 0 bridgehead atoms. The maximum absolute atomic E-state index is 6.38. The van der Waals surface area contributed by atoms with Crippen LogP contribution in [0.15, 0.2) is 97.1 Å². The zero-order valence-electron chi connectivity index (χ0n) is 20.5. The van der Waals surface area contributed by atoms with Crippen molar-refractivity contribution in [2.24, 2.45) is 0 Å². The van der Waals surface area contributed by atoms with Gasteiger partial charge in [0.25, 0.3) is 0 Å². The van der Waals surface area contributed by atoms with Crippen LogP contribution >= 0.6 is 0 Å². The van der Waals surface area contributed by atoms with Gasteiger partial charge in [0, 0.05) is 5.69 Å². The van der Waals surface area contributed by atoms with Gasteiger partial charge in [0.15, 0.2) is 11.5 Å². The van der Waals surface area contributed by atoms with Crippen molar-refractivity contribution in [1.82, 2.24) is 0 Å². The molecule has 0 unspecified atom stereocenters. The van der Waals surface area contributed by atoms with Crippen molar-refractivity contribution in [3.63, 3.8) is 0 Å². The van der Waals surface area contributed by atoms with Crippen LogP contribution in [-0.4, -0.2) is 18.3 Å². The van der Waals surface area contributed by atoms with Crippen LogP contribution in [-0.2, 0) is 9.31 Å². The molecular formula is C30H28BNO3. The molecule has 2 aliphatic rings. The molecule has 2 aliphatic heterocycles. The Kier molecular flexibility index (Phi) is 5.03. The molecule has 1 saturated heterocycles. The fourth-order valence-electron chi connectivity index (χ4n) is 4.64. The predicted octanol–water partition coefficient (Wildman–Crippen LogP) is 7.23. The second-order valence-corrected chi connectivity index (χ2v) is 10.1. The second-order valence-electron chi connectivity index (χ2n) is 10.1. The summed E-state index contributed by atoms with van der Waals surface area (Å²) in [4.78, 5) is 2.25. The van der Waals surface area contributed by atoms with Crippen LogP contribution in [0.4, 0.5) is 17.1 Å². The van der Waals surface area contributed by atoms with Gasteiger partial charge in [-0.05, 0) is 80.7 Å². The van der Waals surface area contributed by atoms with E-state index in [0.29, 0.717) is 0 Å². The van der Waals surface area contributed by atoms with Gasteiger partial charge in [-0.25, -0.2) is 0 Å². The Bertz CT molecular complexity index is 1380. The van der Waals surface area contributed by atoms with E-state index in [-0.39, 0.29) is 11.2 Å². The molecule has 0 N–H and O–H groups in total. The first-order valence-corrected chi connectivity index (χ1v) is 12.0. The van der Waals surface area contributed by atoms with Crippen LogP contribution in [0.25, 0.3) is 11.1 Å². The third-order valence-electron chi connectivity index (χ3n) is 7.29. The molecule has 0 amide bonds. The number of hydrogen-bond donors (Lipinski definition) is 0. The van der Waals surface area contributed by atoms with Gasteiger partial charge >= 0.3 is 7.12 Å². The number of fused-ring (bicyclic) bond motifs is 2. The normalized spacial score (nSPS) is 17.5. The minimum Gasteiger partial charge on any atom is -0.453 e. The van der Waals surface area contributed by atoms with Gasteiger partial charge in [0.2, 0.25) is 0 Å². The van der Waals surface area contributed by atoms with Gasteiger partial charge in [0.05, 0.1) is 22.6 Å². The fraction of sp³-hybridized carbons (Fsp3) is 0.200. The van der Waals surface area contributed by atoms with Crippen molar-refractivity contribution in [1.29, 1.82) is 0 Å². The van der Waals surface area contributed by atoms with Crippen LogP contribution in [0.1, 0.15) is 27.7 Å². The standard InChI is InChI=1S/C30H28BNO3/c1-29(2)30(3,4)35-31(34-29)23-12-10-11-21(19-23)22-17-18-26-28(20-22)33-27-16-9-8-15-25(27)32(26)24-13-6-5-7-14-24/h5-20H,1-4H3. The summed E-state index contributed by atoms with van der Waals surface area (Å²) in [6.07, 6.45) is 0. The zero-order chi connectivity index (χ0) is 24.2. The molecule has 35 heavy (non-hydrogen) atoms. The van der Waals surface area contributed by atoms with E-state index in [1.165, 1.54) is 0 Å². The monoisotopic (exact) mass is 461 g/mol. The maximum atomic E-state index is 6.38. The van der Waals surface area contributed by atoms with E-state index in [1.54, 1.807) is 0 Å². The molecule has 0 saturated carbocycles. The summed E-state index contributed by atoms with van der Waals surface area (Å²) in [5.41, 5.74) is 5.57. The van der Waals surface area contributed by atoms with Crippen LogP contribution in [0.2, 0.25) is 0 Å². The average molecular weight is 461 g/mol. The molecule has 4 aromatic rings. The summed E-state index contributed by atoms with van der Waals surface area (Å²) in [6.45, 7) is 8.31. The molecule has 2 heterocycles. The smallest absolute Gasteiger partial charge is 0.453 e. The third kappa shape index (κ3) is 3.72. The summed E-state index contributed by atoms with van der Waals surface area (Å²) in [5.74, 6) is 1.66. The zero-order valence-corrected chi connectivity index (χ0v) is 20.5. The lowest BCUT2D eigenvalue weighted by Gasteiger charge is -2.33. The Hall–Kier alpha value is -3.54. The number of benzene rings is 4. The molecule has 4 nitrogen and oxygen atoms in total. The summed E-state index contributed by atoms with van der Waals surface area (Å²) >= 11 is 0. The van der Waals surface area contributed by atoms with Crippen molar-refractivity contribution in [3.8, 4) is 22.6 Å². The molecule has 6 rings (SSSR count). The molecule has 1 fully saturated rings. The fourth-order valence-corrected chi connectivity index (χ4v) is 4.64. The first-order valence-electron chi connectivity index (χ1n) is 12.0. The Morgan fingerprint density at radius 1 is 0.600 bits per heavy atom. The molecule has 4 aromatic carbocycles. The molecule has 0 spiro atoms. The number of para-hydroxylation sites is 3. The lowest BCUT2D eigenvalue weighted by molar-refractivity contribution is 0.00578.